The first-order chi connectivity index (χ1) is 10.0. The summed E-state index contributed by atoms with van der Waals surface area (Å²) in [5.41, 5.74) is 1.17. The van der Waals surface area contributed by atoms with Gasteiger partial charge in [-0.1, -0.05) is 72.0 Å². The summed E-state index contributed by atoms with van der Waals surface area (Å²) in [5.74, 6) is 0.775. The molecule has 2 nitrogen and oxygen atoms in total. The Morgan fingerprint density at radius 2 is 1.81 bits per heavy atom. The summed E-state index contributed by atoms with van der Waals surface area (Å²) in [6, 6.07) is 0. The van der Waals surface area contributed by atoms with E-state index in [1.54, 1.807) is 0 Å². The standard InChI is InChI=1S/C16H32I2N2S/c1-4-9-20(16(3)14-21)11-7-5-6-10-19(12-8-17)13-15(2)18/h15,21H,3-14H2,1-2H3. The predicted octanol–water partition coefficient (Wildman–Crippen LogP) is 4.87. The van der Waals surface area contributed by atoms with Crippen LogP contribution in [0.15, 0.2) is 12.3 Å². The molecule has 0 bridgehead atoms. The number of alkyl halides is 2. The Morgan fingerprint density at radius 1 is 1.14 bits per heavy atom. The maximum absolute atomic E-state index is 4.34. The van der Waals surface area contributed by atoms with Crippen molar-refractivity contribution >= 4 is 57.8 Å². The SMILES string of the molecule is C=C(CS)N(CCC)CCCCCN(CCI)CC(C)I. The zero-order valence-corrected chi connectivity index (χ0v) is 18.9. The Balaban J connectivity index is 3.87. The summed E-state index contributed by atoms with van der Waals surface area (Å²) in [5, 5.41) is 0. The first-order valence-electron chi connectivity index (χ1n) is 8.01. The summed E-state index contributed by atoms with van der Waals surface area (Å²) in [6.07, 6.45) is 5.08. The fourth-order valence-corrected chi connectivity index (χ4v) is 3.82. The van der Waals surface area contributed by atoms with Gasteiger partial charge in [-0.2, -0.15) is 12.6 Å². The lowest BCUT2D eigenvalue weighted by atomic mass is 10.2. The van der Waals surface area contributed by atoms with Crippen molar-refractivity contribution in [3.05, 3.63) is 12.3 Å². The van der Waals surface area contributed by atoms with E-state index in [1.165, 1.54) is 55.4 Å². The molecule has 0 fully saturated rings. The average Bonchev–Trinajstić information content (AvgIpc) is 2.44. The van der Waals surface area contributed by atoms with Gasteiger partial charge in [-0.05, 0) is 25.8 Å². The zero-order chi connectivity index (χ0) is 16.1. The largest absolute Gasteiger partial charge is 0.375 e. The van der Waals surface area contributed by atoms with Gasteiger partial charge in [-0.25, -0.2) is 0 Å². The first kappa shape index (κ1) is 22.3. The van der Waals surface area contributed by atoms with Crippen LogP contribution in [0.25, 0.3) is 0 Å². The quantitative estimate of drug-likeness (QED) is 0.146. The van der Waals surface area contributed by atoms with E-state index in [-0.39, 0.29) is 0 Å². The molecule has 1 atom stereocenters. The van der Waals surface area contributed by atoms with Crippen LogP contribution < -0.4 is 0 Å². The summed E-state index contributed by atoms with van der Waals surface area (Å²) < 4.78 is 1.97. The summed E-state index contributed by atoms with van der Waals surface area (Å²) in [6.45, 7) is 14.6. The highest BCUT2D eigenvalue weighted by molar-refractivity contribution is 14.1. The smallest absolute Gasteiger partial charge is 0.0298 e. The van der Waals surface area contributed by atoms with Gasteiger partial charge < -0.3 is 9.80 Å². The van der Waals surface area contributed by atoms with Crippen LogP contribution in [0.1, 0.15) is 39.5 Å². The van der Waals surface area contributed by atoms with E-state index >= 15 is 0 Å². The maximum Gasteiger partial charge on any atom is 0.0298 e. The molecule has 0 radical (unpaired) electrons. The van der Waals surface area contributed by atoms with Gasteiger partial charge in [0.15, 0.2) is 0 Å². The zero-order valence-electron chi connectivity index (χ0n) is 13.7. The van der Waals surface area contributed by atoms with Gasteiger partial charge in [0.05, 0.1) is 0 Å². The van der Waals surface area contributed by atoms with Gasteiger partial charge in [0.25, 0.3) is 0 Å². The third-order valence-corrected chi connectivity index (χ3v) is 4.68. The fraction of sp³-hybridized carbons (Fsp3) is 0.875. The van der Waals surface area contributed by atoms with E-state index in [0.29, 0.717) is 0 Å². The molecule has 0 aliphatic heterocycles. The van der Waals surface area contributed by atoms with Crippen molar-refractivity contribution in [2.45, 2.75) is 43.5 Å². The second-order valence-corrected chi connectivity index (χ2v) is 9.06. The number of nitrogens with zero attached hydrogens (tertiary/aromatic N) is 2. The van der Waals surface area contributed by atoms with Crippen molar-refractivity contribution < 1.29 is 0 Å². The lowest BCUT2D eigenvalue weighted by Gasteiger charge is -2.26. The van der Waals surface area contributed by atoms with Crippen LogP contribution in [-0.2, 0) is 0 Å². The van der Waals surface area contributed by atoms with Gasteiger partial charge in [0, 0.05) is 46.0 Å². The van der Waals surface area contributed by atoms with E-state index in [2.05, 4.69) is 88.0 Å². The molecule has 0 rings (SSSR count). The predicted molar refractivity (Wildman–Crippen MR) is 118 cm³/mol. The first-order valence-corrected chi connectivity index (χ1v) is 11.4. The van der Waals surface area contributed by atoms with Crippen LogP contribution >= 0.6 is 57.8 Å². The van der Waals surface area contributed by atoms with Crippen LogP contribution in [0, 0.1) is 0 Å². The Morgan fingerprint density at radius 3 is 2.33 bits per heavy atom. The van der Waals surface area contributed by atoms with E-state index < -0.39 is 0 Å². The van der Waals surface area contributed by atoms with Crippen molar-refractivity contribution in [2.24, 2.45) is 0 Å². The molecule has 0 saturated carbocycles. The van der Waals surface area contributed by atoms with Crippen molar-refractivity contribution in [1.29, 1.82) is 0 Å². The number of unbranched alkanes of at least 4 members (excludes halogenated alkanes) is 2. The minimum atomic E-state index is 0.740. The molecule has 0 saturated heterocycles. The average molecular weight is 538 g/mol. The number of thiol groups is 1. The number of hydrogen-bond donors (Lipinski definition) is 1. The van der Waals surface area contributed by atoms with E-state index in [4.69, 9.17) is 0 Å². The molecule has 126 valence electrons. The van der Waals surface area contributed by atoms with Gasteiger partial charge >= 0.3 is 0 Å². The van der Waals surface area contributed by atoms with Crippen molar-refractivity contribution in [2.75, 3.05) is 42.9 Å². The molecular weight excluding hydrogens is 506 g/mol. The van der Waals surface area contributed by atoms with Crippen molar-refractivity contribution in [1.82, 2.24) is 9.80 Å². The summed E-state index contributed by atoms with van der Waals surface area (Å²) in [7, 11) is 0. The Kier molecular flexibility index (Phi) is 15.8. The molecule has 0 heterocycles. The minimum Gasteiger partial charge on any atom is -0.375 e. The van der Waals surface area contributed by atoms with Gasteiger partial charge in [0.1, 0.15) is 0 Å². The van der Waals surface area contributed by atoms with Crippen LogP contribution in [0.4, 0.5) is 0 Å². The third-order valence-electron chi connectivity index (χ3n) is 3.44. The second kappa shape index (κ2) is 14.9. The highest BCUT2D eigenvalue weighted by Crippen LogP contribution is 2.09. The van der Waals surface area contributed by atoms with Gasteiger partial charge in [0.2, 0.25) is 0 Å². The Bertz CT molecular complexity index is 263. The van der Waals surface area contributed by atoms with Crippen LogP contribution in [0.5, 0.6) is 0 Å². The summed E-state index contributed by atoms with van der Waals surface area (Å²) in [4.78, 5) is 5.02. The molecule has 0 spiro atoms. The number of hydrogen-bond acceptors (Lipinski definition) is 3. The molecule has 1 unspecified atom stereocenters. The highest BCUT2D eigenvalue weighted by Gasteiger charge is 2.08. The molecule has 0 N–H and O–H groups in total. The topological polar surface area (TPSA) is 6.48 Å². The fourth-order valence-electron chi connectivity index (χ4n) is 2.38. The molecule has 0 aliphatic rings. The van der Waals surface area contributed by atoms with Crippen molar-refractivity contribution in [3.63, 3.8) is 0 Å². The molecule has 5 heteroatoms. The van der Waals surface area contributed by atoms with E-state index in [0.717, 1.165) is 22.8 Å². The molecule has 0 amide bonds. The third kappa shape index (κ3) is 12.4. The molecule has 0 aromatic heterocycles. The molecule has 0 aromatic carbocycles. The van der Waals surface area contributed by atoms with E-state index in [9.17, 15) is 0 Å². The van der Waals surface area contributed by atoms with Crippen LogP contribution in [-0.4, -0.2) is 56.6 Å². The van der Waals surface area contributed by atoms with Gasteiger partial charge in [-0.3, -0.25) is 0 Å². The summed E-state index contributed by atoms with van der Waals surface area (Å²) >= 11 is 9.35. The Labute approximate surface area is 165 Å². The molecule has 0 aromatic rings. The second-order valence-electron chi connectivity index (χ2n) is 5.54. The Hall–Kier alpha value is 1.31. The molecule has 21 heavy (non-hydrogen) atoms. The maximum atomic E-state index is 4.34. The highest BCUT2D eigenvalue weighted by atomic mass is 127. The van der Waals surface area contributed by atoms with Gasteiger partial charge in [-0.15, -0.1) is 0 Å². The van der Waals surface area contributed by atoms with E-state index in [1.807, 2.05) is 0 Å². The number of rotatable bonds is 14. The van der Waals surface area contributed by atoms with Crippen molar-refractivity contribution in [3.8, 4) is 0 Å². The normalized spacial score (nSPS) is 12.7. The van der Waals surface area contributed by atoms with Crippen LogP contribution in [0.3, 0.4) is 0 Å². The minimum absolute atomic E-state index is 0.740. The van der Waals surface area contributed by atoms with Crippen LogP contribution in [0.2, 0.25) is 0 Å². The lowest BCUT2D eigenvalue weighted by Crippen LogP contribution is -2.31. The number of halogens is 2. The molecule has 0 aliphatic carbocycles. The molecular formula is C16H32I2N2S. The lowest BCUT2D eigenvalue weighted by molar-refractivity contribution is 0.284. The monoisotopic (exact) mass is 538 g/mol.